The molecule has 0 unspecified atom stereocenters. The Bertz CT molecular complexity index is 1390. The average molecular weight is 451 g/mol. The highest BCUT2D eigenvalue weighted by Gasteiger charge is 2.45. The van der Waals surface area contributed by atoms with Crippen LogP contribution in [0.3, 0.4) is 0 Å². The van der Waals surface area contributed by atoms with Crippen LogP contribution in [0, 0.1) is 5.82 Å². The van der Waals surface area contributed by atoms with E-state index in [1.165, 1.54) is 13.2 Å². The second-order valence-electron chi connectivity index (χ2n) is 9.21. The zero-order valence-electron chi connectivity index (χ0n) is 18.7. The summed E-state index contributed by atoms with van der Waals surface area (Å²) >= 11 is 0. The van der Waals surface area contributed by atoms with Crippen molar-refractivity contribution in [3.63, 3.8) is 0 Å². The molecular weight excluding hydrogens is 425 g/mol. The number of aromatic nitrogens is 3. The second kappa shape index (κ2) is 7.59. The number of hydrogen-bond donors (Lipinski definition) is 3. The van der Waals surface area contributed by atoms with E-state index in [0.717, 1.165) is 38.8 Å². The predicted molar refractivity (Wildman–Crippen MR) is 123 cm³/mol. The minimum atomic E-state index is -1.73. The van der Waals surface area contributed by atoms with Gasteiger partial charge in [0.25, 0.3) is 0 Å². The maximum absolute atomic E-state index is 14.2. The molecule has 172 valence electrons. The summed E-state index contributed by atoms with van der Waals surface area (Å²) in [6.07, 6.45) is 2.67. The number of aromatic amines is 1. The van der Waals surface area contributed by atoms with Crippen molar-refractivity contribution < 1.29 is 24.1 Å². The van der Waals surface area contributed by atoms with Crippen molar-refractivity contribution in [2.45, 2.75) is 50.5 Å². The molecule has 0 bridgehead atoms. The second-order valence-corrected chi connectivity index (χ2v) is 9.21. The molecule has 2 aromatic heterocycles. The van der Waals surface area contributed by atoms with E-state index < -0.39 is 17.4 Å². The van der Waals surface area contributed by atoms with E-state index in [9.17, 15) is 19.4 Å². The summed E-state index contributed by atoms with van der Waals surface area (Å²) in [5.41, 5.74) is 2.85. The van der Waals surface area contributed by atoms with Crippen molar-refractivity contribution in [3.05, 3.63) is 53.6 Å². The molecule has 3 N–H and O–H groups in total. The minimum Gasteiger partial charge on any atom is -0.494 e. The zero-order chi connectivity index (χ0) is 23.5. The van der Waals surface area contributed by atoms with Gasteiger partial charge in [0.1, 0.15) is 0 Å². The number of nitrogens with one attached hydrogen (secondary N) is 1. The fraction of sp³-hybridized carbons (Fsp3) is 0.360. The van der Waals surface area contributed by atoms with Crippen LogP contribution in [0.4, 0.5) is 4.39 Å². The molecule has 1 fully saturated rings. The first-order valence-corrected chi connectivity index (χ1v) is 11.0. The number of carboxylic acid groups (broad SMARTS) is 1. The minimum absolute atomic E-state index is 0.0819. The van der Waals surface area contributed by atoms with Gasteiger partial charge < -0.3 is 19.5 Å². The van der Waals surface area contributed by atoms with E-state index in [4.69, 9.17) is 4.74 Å². The summed E-state index contributed by atoms with van der Waals surface area (Å²) in [6.45, 7) is 4.17. The van der Waals surface area contributed by atoms with Gasteiger partial charge in [-0.3, -0.25) is 5.10 Å². The molecular formula is C25H26FN3O4. The summed E-state index contributed by atoms with van der Waals surface area (Å²) in [7, 11) is 1.44. The van der Waals surface area contributed by atoms with E-state index in [-0.39, 0.29) is 30.4 Å². The lowest BCUT2D eigenvalue weighted by Gasteiger charge is -2.20. The van der Waals surface area contributed by atoms with Crippen molar-refractivity contribution in [3.8, 4) is 11.4 Å². The zero-order valence-corrected chi connectivity index (χ0v) is 18.7. The van der Waals surface area contributed by atoms with Gasteiger partial charge >= 0.3 is 5.97 Å². The van der Waals surface area contributed by atoms with Crippen LogP contribution in [0.25, 0.3) is 27.5 Å². The Hall–Kier alpha value is -3.39. The largest absolute Gasteiger partial charge is 0.494 e. The molecule has 1 aliphatic rings. The van der Waals surface area contributed by atoms with Crippen molar-refractivity contribution in [1.82, 2.24) is 14.8 Å². The van der Waals surface area contributed by atoms with Crippen LogP contribution in [0.1, 0.15) is 56.2 Å². The van der Waals surface area contributed by atoms with Gasteiger partial charge in [-0.05, 0) is 60.9 Å². The summed E-state index contributed by atoms with van der Waals surface area (Å²) < 4.78 is 21.5. The van der Waals surface area contributed by atoms with Gasteiger partial charge in [-0.15, -0.1) is 0 Å². The van der Waals surface area contributed by atoms with Gasteiger partial charge in [-0.2, -0.15) is 5.10 Å². The van der Waals surface area contributed by atoms with Crippen LogP contribution in [0.5, 0.6) is 5.75 Å². The number of fused-ring (bicyclic) bond motifs is 2. The molecule has 0 spiro atoms. The van der Waals surface area contributed by atoms with Crippen molar-refractivity contribution in [2.75, 3.05) is 7.11 Å². The number of aliphatic hydroxyl groups is 1. The normalized spacial score (nSPS) is 20.8. The molecule has 2 atom stereocenters. The molecule has 0 radical (unpaired) electrons. The number of carbonyl (C=O) groups is 1. The summed E-state index contributed by atoms with van der Waals surface area (Å²) in [4.78, 5) is 11.7. The molecule has 0 saturated heterocycles. The highest BCUT2D eigenvalue weighted by molar-refractivity contribution is 5.99. The third kappa shape index (κ3) is 3.28. The van der Waals surface area contributed by atoms with E-state index in [1.807, 2.05) is 12.1 Å². The monoisotopic (exact) mass is 451 g/mol. The maximum atomic E-state index is 14.2. The van der Waals surface area contributed by atoms with Crippen LogP contribution in [0.15, 0.2) is 36.5 Å². The quantitative estimate of drug-likeness (QED) is 0.402. The van der Waals surface area contributed by atoms with Gasteiger partial charge in [-0.25, -0.2) is 9.18 Å². The lowest BCUT2D eigenvalue weighted by molar-refractivity contribution is -0.157. The fourth-order valence-electron chi connectivity index (χ4n) is 5.30. The van der Waals surface area contributed by atoms with Crippen molar-refractivity contribution in [1.29, 1.82) is 0 Å². The molecule has 2 heterocycles. The van der Waals surface area contributed by atoms with Gasteiger partial charge in [0.05, 0.1) is 24.3 Å². The summed E-state index contributed by atoms with van der Waals surface area (Å²) in [5, 5.41) is 29.4. The van der Waals surface area contributed by atoms with Crippen LogP contribution >= 0.6 is 0 Å². The first-order valence-electron chi connectivity index (χ1n) is 11.0. The standard InChI is InChI=1S/C25H26FN3O4/c1-13(2)23-22(14-6-7-25(32,11-14)24(30)31)17-10-19-15(12-27-28-19)8-20(17)29(23)16-4-5-18(26)21(9-16)33-3/h4-5,8-10,12-14,32H,6-7,11H2,1-3H3,(H,27,28)(H,30,31)/t14-,25+/m1/s1. The van der Waals surface area contributed by atoms with Crippen molar-refractivity contribution in [2.24, 2.45) is 0 Å². The predicted octanol–water partition coefficient (Wildman–Crippen LogP) is 4.86. The molecule has 1 saturated carbocycles. The highest BCUT2D eigenvalue weighted by atomic mass is 19.1. The Morgan fingerprint density at radius 2 is 2.12 bits per heavy atom. The highest BCUT2D eigenvalue weighted by Crippen LogP contribution is 2.48. The molecule has 8 heteroatoms. The third-order valence-electron chi connectivity index (χ3n) is 6.84. The average Bonchev–Trinajstić information content (AvgIpc) is 3.48. The number of nitrogens with zero attached hydrogens (tertiary/aromatic N) is 2. The number of carboxylic acids is 1. The Morgan fingerprint density at radius 3 is 2.79 bits per heavy atom. The topological polar surface area (TPSA) is 100 Å². The van der Waals surface area contributed by atoms with Crippen LogP contribution in [-0.4, -0.2) is 43.7 Å². The van der Waals surface area contributed by atoms with E-state index in [1.54, 1.807) is 18.3 Å². The van der Waals surface area contributed by atoms with Gasteiger partial charge in [0.15, 0.2) is 17.2 Å². The molecule has 4 aromatic rings. The first-order chi connectivity index (χ1) is 15.7. The Kier molecular flexibility index (Phi) is 4.93. The van der Waals surface area contributed by atoms with Gasteiger partial charge in [0.2, 0.25) is 0 Å². The maximum Gasteiger partial charge on any atom is 0.335 e. The summed E-state index contributed by atoms with van der Waals surface area (Å²) in [6, 6.07) is 8.85. The van der Waals surface area contributed by atoms with Gasteiger partial charge in [0, 0.05) is 28.2 Å². The van der Waals surface area contributed by atoms with Crippen molar-refractivity contribution >= 4 is 27.8 Å². The third-order valence-corrected chi connectivity index (χ3v) is 6.84. The number of ether oxygens (including phenoxy) is 1. The molecule has 0 aliphatic heterocycles. The lowest BCUT2D eigenvalue weighted by atomic mass is 9.89. The van der Waals surface area contributed by atoms with E-state index >= 15 is 0 Å². The number of aliphatic carboxylic acids is 1. The smallest absolute Gasteiger partial charge is 0.335 e. The fourth-order valence-corrected chi connectivity index (χ4v) is 5.30. The van der Waals surface area contributed by atoms with Gasteiger partial charge in [-0.1, -0.05) is 13.8 Å². The Morgan fingerprint density at radius 1 is 1.33 bits per heavy atom. The molecule has 1 aliphatic carbocycles. The van der Waals surface area contributed by atoms with Crippen LogP contribution in [-0.2, 0) is 4.79 Å². The molecule has 0 amide bonds. The first kappa shape index (κ1) is 21.5. The molecule has 33 heavy (non-hydrogen) atoms. The lowest BCUT2D eigenvalue weighted by Crippen LogP contribution is -2.35. The molecule has 7 nitrogen and oxygen atoms in total. The van der Waals surface area contributed by atoms with Crippen LogP contribution in [0.2, 0.25) is 0 Å². The number of methoxy groups -OCH3 is 1. The SMILES string of the molecule is COc1cc(-n2c(C(C)C)c([C@@H]3CC[C@@](O)(C(=O)O)C3)c3cc4[nH]ncc4cc32)ccc1F. The summed E-state index contributed by atoms with van der Waals surface area (Å²) in [5.74, 6) is -1.52. The van der Waals surface area contributed by atoms with E-state index in [2.05, 4.69) is 28.6 Å². The number of benzene rings is 2. The van der Waals surface area contributed by atoms with E-state index in [0.29, 0.717) is 6.42 Å². The Labute approximate surface area is 189 Å². The number of halogens is 1. The number of hydrogen-bond acceptors (Lipinski definition) is 4. The molecule has 5 rings (SSSR count). The number of rotatable bonds is 5. The number of H-pyrrole nitrogens is 1. The Balaban J connectivity index is 1.83. The molecule has 2 aromatic carbocycles. The van der Waals surface area contributed by atoms with Crippen LogP contribution < -0.4 is 4.74 Å².